The number of nitrogens with zero attached hydrogens (tertiary/aromatic N) is 2. The maximum Gasteiger partial charge on any atom is 0.242 e. The number of benzene rings is 1. The molecular formula is C16H23N3O2. The topological polar surface area (TPSA) is 66.6 Å². The zero-order valence-electron chi connectivity index (χ0n) is 12.9. The van der Waals surface area contributed by atoms with Crippen molar-refractivity contribution in [1.29, 1.82) is 0 Å². The van der Waals surface area contributed by atoms with Gasteiger partial charge in [-0.05, 0) is 31.9 Å². The Kier molecular flexibility index (Phi) is 4.63. The van der Waals surface area contributed by atoms with E-state index in [0.29, 0.717) is 13.1 Å². The summed E-state index contributed by atoms with van der Waals surface area (Å²) < 4.78 is 0. The highest BCUT2D eigenvalue weighted by Crippen LogP contribution is 2.19. The molecule has 0 radical (unpaired) electrons. The van der Waals surface area contributed by atoms with Crippen LogP contribution in [0.25, 0.3) is 0 Å². The lowest BCUT2D eigenvalue weighted by Crippen LogP contribution is -2.54. The van der Waals surface area contributed by atoms with Gasteiger partial charge in [0.25, 0.3) is 0 Å². The quantitative estimate of drug-likeness (QED) is 0.899. The van der Waals surface area contributed by atoms with Gasteiger partial charge in [-0.15, -0.1) is 0 Å². The van der Waals surface area contributed by atoms with Gasteiger partial charge >= 0.3 is 0 Å². The molecule has 2 rings (SSSR count). The van der Waals surface area contributed by atoms with Gasteiger partial charge in [-0.1, -0.05) is 23.8 Å². The van der Waals surface area contributed by atoms with Crippen LogP contribution in [0.3, 0.4) is 0 Å². The van der Waals surface area contributed by atoms with Gasteiger partial charge in [-0.2, -0.15) is 0 Å². The van der Waals surface area contributed by atoms with Gasteiger partial charge in [-0.3, -0.25) is 9.59 Å². The first-order valence-corrected chi connectivity index (χ1v) is 7.30. The van der Waals surface area contributed by atoms with Gasteiger partial charge < -0.3 is 15.5 Å². The zero-order chi connectivity index (χ0) is 15.6. The van der Waals surface area contributed by atoms with Crippen molar-refractivity contribution in [3.63, 3.8) is 0 Å². The van der Waals surface area contributed by atoms with Crippen LogP contribution in [0.4, 0.5) is 0 Å². The van der Waals surface area contributed by atoms with E-state index in [-0.39, 0.29) is 30.9 Å². The lowest BCUT2D eigenvalue weighted by molar-refractivity contribution is -0.150. The number of likely N-dealkylation sites (N-methyl/N-ethyl adjacent to an activating group) is 1. The lowest BCUT2D eigenvalue weighted by Gasteiger charge is -2.34. The van der Waals surface area contributed by atoms with Crippen molar-refractivity contribution in [1.82, 2.24) is 9.80 Å². The highest BCUT2D eigenvalue weighted by atomic mass is 16.2. The maximum absolute atomic E-state index is 12.1. The van der Waals surface area contributed by atoms with E-state index in [1.54, 1.807) is 9.80 Å². The summed E-state index contributed by atoms with van der Waals surface area (Å²) in [5.41, 5.74) is 9.54. The van der Waals surface area contributed by atoms with E-state index in [1.165, 1.54) is 0 Å². The fourth-order valence-corrected chi connectivity index (χ4v) is 2.65. The van der Waals surface area contributed by atoms with E-state index in [9.17, 15) is 9.59 Å². The van der Waals surface area contributed by atoms with Crippen LogP contribution in [0.5, 0.6) is 0 Å². The van der Waals surface area contributed by atoms with Crippen LogP contribution in [0.15, 0.2) is 18.2 Å². The Morgan fingerprint density at radius 1 is 1.14 bits per heavy atom. The van der Waals surface area contributed by atoms with Crippen LogP contribution in [0.2, 0.25) is 0 Å². The molecule has 5 nitrogen and oxygen atoms in total. The molecule has 2 amide bonds. The molecule has 1 fully saturated rings. The number of carbonyl (C=O) groups is 2. The summed E-state index contributed by atoms with van der Waals surface area (Å²) >= 11 is 0. The molecule has 114 valence electrons. The van der Waals surface area contributed by atoms with Crippen molar-refractivity contribution >= 4 is 11.8 Å². The average Bonchev–Trinajstić information content (AvgIpc) is 2.45. The number of aryl methyl sites for hydroxylation is 2. The van der Waals surface area contributed by atoms with Crippen molar-refractivity contribution in [2.75, 3.05) is 26.2 Å². The van der Waals surface area contributed by atoms with Crippen LogP contribution in [-0.2, 0) is 9.59 Å². The summed E-state index contributed by atoms with van der Waals surface area (Å²) in [6, 6.07) is 5.86. The first kappa shape index (κ1) is 15.5. The Labute approximate surface area is 125 Å². The summed E-state index contributed by atoms with van der Waals surface area (Å²) in [4.78, 5) is 27.2. The Hall–Kier alpha value is -1.88. The second kappa shape index (κ2) is 6.26. The SMILES string of the molecule is CCN1CC(=O)N(CC(N)c2cc(C)ccc2C)CC1=O. The first-order chi connectivity index (χ1) is 9.92. The molecule has 1 aromatic rings. The predicted octanol–water partition coefficient (Wildman–Crippen LogP) is 0.994. The number of hydrogen-bond donors (Lipinski definition) is 1. The standard InChI is InChI=1S/C16H23N3O2/c1-4-18-9-16(21)19(10-15(18)20)8-14(17)13-7-11(2)5-6-12(13)3/h5-7,14H,4,8-10,17H2,1-3H3. The van der Waals surface area contributed by atoms with Crippen molar-refractivity contribution in [3.05, 3.63) is 34.9 Å². The molecule has 21 heavy (non-hydrogen) atoms. The molecule has 0 saturated carbocycles. The second-order valence-electron chi connectivity index (χ2n) is 5.65. The van der Waals surface area contributed by atoms with E-state index in [4.69, 9.17) is 5.73 Å². The molecule has 0 aromatic heterocycles. The van der Waals surface area contributed by atoms with Gasteiger partial charge in [0.1, 0.15) is 0 Å². The van der Waals surface area contributed by atoms with Gasteiger partial charge in [0.2, 0.25) is 11.8 Å². The van der Waals surface area contributed by atoms with Gasteiger partial charge in [0, 0.05) is 19.1 Å². The van der Waals surface area contributed by atoms with Crippen LogP contribution in [0.1, 0.15) is 29.7 Å². The largest absolute Gasteiger partial charge is 0.332 e. The van der Waals surface area contributed by atoms with E-state index >= 15 is 0 Å². The van der Waals surface area contributed by atoms with Gasteiger partial charge in [-0.25, -0.2) is 0 Å². The summed E-state index contributed by atoms with van der Waals surface area (Å²) in [6.45, 7) is 7.15. The number of nitrogens with two attached hydrogens (primary N) is 1. The average molecular weight is 289 g/mol. The minimum atomic E-state index is -0.269. The van der Waals surface area contributed by atoms with E-state index in [2.05, 4.69) is 6.07 Å². The molecule has 0 bridgehead atoms. The number of rotatable bonds is 4. The van der Waals surface area contributed by atoms with Crippen molar-refractivity contribution in [2.24, 2.45) is 5.73 Å². The molecule has 0 aliphatic carbocycles. The Morgan fingerprint density at radius 2 is 1.76 bits per heavy atom. The number of amides is 2. The summed E-state index contributed by atoms with van der Waals surface area (Å²) in [7, 11) is 0. The molecule has 1 aromatic carbocycles. The molecule has 1 aliphatic heterocycles. The highest BCUT2D eigenvalue weighted by Gasteiger charge is 2.30. The predicted molar refractivity (Wildman–Crippen MR) is 81.7 cm³/mol. The normalized spacial score (nSPS) is 17.3. The van der Waals surface area contributed by atoms with Gasteiger partial charge in [0.15, 0.2) is 0 Å². The Morgan fingerprint density at radius 3 is 2.43 bits per heavy atom. The summed E-state index contributed by atoms with van der Waals surface area (Å²) in [5.74, 6) is -0.0394. The highest BCUT2D eigenvalue weighted by molar-refractivity contribution is 5.92. The fourth-order valence-electron chi connectivity index (χ4n) is 2.65. The smallest absolute Gasteiger partial charge is 0.242 e. The van der Waals surface area contributed by atoms with Gasteiger partial charge in [0.05, 0.1) is 13.1 Å². The third kappa shape index (κ3) is 3.42. The minimum absolute atomic E-state index is 0.00901. The van der Waals surface area contributed by atoms with Crippen LogP contribution < -0.4 is 5.73 Å². The molecule has 0 spiro atoms. The summed E-state index contributed by atoms with van der Waals surface area (Å²) in [5, 5.41) is 0. The van der Waals surface area contributed by atoms with Crippen molar-refractivity contribution < 1.29 is 9.59 Å². The zero-order valence-corrected chi connectivity index (χ0v) is 12.9. The number of piperazine rings is 1. The fraction of sp³-hybridized carbons (Fsp3) is 0.500. The molecule has 2 N–H and O–H groups in total. The number of carbonyl (C=O) groups excluding carboxylic acids is 2. The number of hydrogen-bond acceptors (Lipinski definition) is 3. The summed E-state index contributed by atoms with van der Waals surface area (Å²) in [6.07, 6.45) is 0. The first-order valence-electron chi connectivity index (χ1n) is 7.30. The van der Waals surface area contributed by atoms with Crippen molar-refractivity contribution in [3.8, 4) is 0 Å². The van der Waals surface area contributed by atoms with Crippen molar-refractivity contribution in [2.45, 2.75) is 26.8 Å². The molecular weight excluding hydrogens is 266 g/mol. The lowest BCUT2D eigenvalue weighted by atomic mass is 9.99. The molecule has 1 saturated heterocycles. The minimum Gasteiger partial charge on any atom is -0.332 e. The molecule has 1 unspecified atom stereocenters. The van der Waals surface area contributed by atoms with E-state index in [0.717, 1.165) is 16.7 Å². The molecule has 1 aliphatic rings. The van der Waals surface area contributed by atoms with Crippen LogP contribution >= 0.6 is 0 Å². The molecule has 1 atom stereocenters. The van der Waals surface area contributed by atoms with Crippen LogP contribution in [-0.4, -0.2) is 47.8 Å². The Bertz CT molecular complexity index is 556. The van der Waals surface area contributed by atoms with E-state index in [1.807, 2.05) is 32.9 Å². The third-order valence-electron chi connectivity index (χ3n) is 3.99. The third-order valence-corrected chi connectivity index (χ3v) is 3.99. The van der Waals surface area contributed by atoms with Crippen LogP contribution in [0, 0.1) is 13.8 Å². The monoisotopic (exact) mass is 289 g/mol. The van der Waals surface area contributed by atoms with E-state index < -0.39 is 0 Å². The molecule has 1 heterocycles. The molecule has 5 heteroatoms. The second-order valence-corrected chi connectivity index (χ2v) is 5.65. The maximum atomic E-state index is 12.1. The Balaban J connectivity index is 2.09.